The van der Waals surface area contributed by atoms with E-state index >= 15 is 0 Å². The van der Waals surface area contributed by atoms with Crippen molar-refractivity contribution in [2.24, 2.45) is 0 Å². The third kappa shape index (κ3) is 3.55. The van der Waals surface area contributed by atoms with Crippen LogP contribution in [0, 0.1) is 12.7 Å². The van der Waals surface area contributed by atoms with Gasteiger partial charge in [-0.05, 0) is 36.8 Å². The fourth-order valence-electron chi connectivity index (χ4n) is 2.59. The Labute approximate surface area is 124 Å². The lowest BCUT2D eigenvalue weighted by Gasteiger charge is -2.35. The first kappa shape index (κ1) is 13.9. The van der Waals surface area contributed by atoms with Crippen LogP contribution >= 0.6 is 0 Å². The van der Waals surface area contributed by atoms with E-state index in [-0.39, 0.29) is 5.82 Å². The summed E-state index contributed by atoms with van der Waals surface area (Å²) in [5.74, 6) is 0.770. The largest absolute Gasteiger partial charge is 0.353 e. The molecule has 0 aliphatic carbocycles. The Morgan fingerprint density at radius 2 is 1.86 bits per heavy atom. The Hall–Kier alpha value is -2.01. The molecule has 0 radical (unpaired) electrons. The van der Waals surface area contributed by atoms with Crippen molar-refractivity contribution in [1.82, 2.24) is 15.1 Å². The summed E-state index contributed by atoms with van der Waals surface area (Å²) < 4.78 is 13.2. The molecule has 21 heavy (non-hydrogen) atoms. The van der Waals surface area contributed by atoms with Crippen molar-refractivity contribution in [3.05, 3.63) is 53.5 Å². The molecule has 0 atom stereocenters. The van der Waals surface area contributed by atoms with Gasteiger partial charge in [0.15, 0.2) is 5.82 Å². The van der Waals surface area contributed by atoms with E-state index in [0.29, 0.717) is 0 Å². The average Bonchev–Trinajstić information content (AvgIpc) is 2.49. The molecule has 1 aromatic carbocycles. The van der Waals surface area contributed by atoms with Crippen LogP contribution in [-0.4, -0.2) is 41.3 Å². The molecule has 1 fully saturated rings. The van der Waals surface area contributed by atoms with Crippen LogP contribution in [0.25, 0.3) is 0 Å². The Morgan fingerprint density at radius 3 is 2.52 bits per heavy atom. The Kier molecular flexibility index (Phi) is 4.10. The number of halogens is 1. The Morgan fingerprint density at radius 1 is 1.05 bits per heavy atom. The number of aromatic nitrogens is 2. The van der Waals surface area contributed by atoms with Crippen LogP contribution in [-0.2, 0) is 6.54 Å². The molecule has 0 N–H and O–H groups in total. The van der Waals surface area contributed by atoms with Gasteiger partial charge in [-0.1, -0.05) is 12.1 Å². The van der Waals surface area contributed by atoms with Gasteiger partial charge in [-0.15, -0.1) is 5.10 Å². The van der Waals surface area contributed by atoms with E-state index in [9.17, 15) is 4.39 Å². The third-order valence-corrected chi connectivity index (χ3v) is 3.78. The first-order valence-corrected chi connectivity index (χ1v) is 7.23. The highest BCUT2D eigenvalue weighted by Gasteiger charge is 2.18. The summed E-state index contributed by atoms with van der Waals surface area (Å²) in [7, 11) is 0. The van der Waals surface area contributed by atoms with Gasteiger partial charge in [0, 0.05) is 32.7 Å². The second-order valence-electron chi connectivity index (χ2n) is 5.43. The van der Waals surface area contributed by atoms with Crippen molar-refractivity contribution < 1.29 is 4.39 Å². The summed E-state index contributed by atoms with van der Waals surface area (Å²) in [6.07, 6.45) is 0. The van der Waals surface area contributed by atoms with Gasteiger partial charge >= 0.3 is 0 Å². The maximum absolute atomic E-state index is 13.2. The number of benzene rings is 1. The van der Waals surface area contributed by atoms with E-state index in [1.165, 1.54) is 6.07 Å². The fourth-order valence-corrected chi connectivity index (χ4v) is 2.59. The Balaban J connectivity index is 1.56. The normalized spacial score (nSPS) is 16.2. The quantitative estimate of drug-likeness (QED) is 0.866. The van der Waals surface area contributed by atoms with E-state index in [2.05, 4.69) is 20.0 Å². The second kappa shape index (κ2) is 6.18. The fraction of sp³-hybridized carbons (Fsp3) is 0.375. The summed E-state index contributed by atoms with van der Waals surface area (Å²) in [6, 6.07) is 10.8. The molecule has 1 saturated heterocycles. The van der Waals surface area contributed by atoms with Crippen LogP contribution in [0.15, 0.2) is 36.4 Å². The SMILES string of the molecule is Cc1ccc(N2CCN(Cc3cccc(F)c3)CC2)nn1. The van der Waals surface area contributed by atoms with Crippen molar-refractivity contribution >= 4 is 5.82 Å². The molecule has 1 aliphatic rings. The van der Waals surface area contributed by atoms with Crippen LogP contribution in [0.2, 0.25) is 0 Å². The molecule has 0 unspecified atom stereocenters. The summed E-state index contributed by atoms with van der Waals surface area (Å²) in [6.45, 7) is 6.48. The zero-order chi connectivity index (χ0) is 14.7. The van der Waals surface area contributed by atoms with Crippen molar-refractivity contribution in [2.75, 3.05) is 31.1 Å². The zero-order valence-corrected chi connectivity index (χ0v) is 12.2. The predicted octanol–water partition coefficient (Wildman–Crippen LogP) is 2.25. The molecule has 4 nitrogen and oxygen atoms in total. The van der Waals surface area contributed by atoms with Crippen molar-refractivity contribution in [2.45, 2.75) is 13.5 Å². The molecule has 0 bridgehead atoms. The smallest absolute Gasteiger partial charge is 0.151 e. The van der Waals surface area contributed by atoms with Gasteiger partial charge in [0.05, 0.1) is 5.69 Å². The number of anilines is 1. The van der Waals surface area contributed by atoms with E-state index in [4.69, 9.17) is 0 Å². The van der Waals surface area contributed by atoms with Crippen LogP contribution in [0.4, 0.5) is 10.2 Å². The summed E-state index contributed by atoms with van der Waals surface area (Å²) in [5.41, 5.74) is 1.96. The topological polar surface area (TPSA) is 32.3 Å². The maximum Gasteiger partial charge on any atom is 0.151 e. The van der Waals surface area contributed by atoms with Crippen molar-refractivity contribution in [3.63, 3.8) is 0 Å². The van der Waals surface area contributed by atoms with Crippen LogP contribution in [0.3, 0.4) is 0 Å². The molecular formula is C16H19FN4. The van der Waals surface area contributed by atoms with Gasteiger partial charge in [-0.3, -0.25) is 4.90 Å². The summed E-state index contributed by atoms with van der Waals surface area (Å²) >= 11 is 0. The number of piperazine rings is 1. The molecule has 0 amide bonds. The molecule has 3 rings (SSSR count). The van der Waals surface area contributed by atoms with Gasteiger partial charge in [0.25, 0.3) is 0 Å². The standard InChI is InChI=1S/C16H19FN4/c1-13-5-6-16(19-18-13)21-9-7-20(8-10-21)12-14-3-2-4-15(17)11-14/h2-6,11H,7-10,12H2,1H3. The van der Waals surface area contributed by atoms with Crippen molar-refractivity contribution in [1.29, 1.82) is 0 Å². The second-order valence-corrected chi connectivity index (χ2v) is 5.43. The van der Waals surface area contributed by atoms with E-state index in [0.717, 1.165) is 49.8 Å². The molecule has 1 aromatic heterocycles. The monoisotopic (exact) mass is 286 g/mol. The molecule has 0 spiro atoms. The summed E-state index contributed by atoms with van der Waals surface area (Å²) in [5, 5.41) is 8.33. The molecule has 1 aliphatic heterocycles. The number of hydrogen-bond acceptors (Lipinski definition) is 4. The van der Waals surface area contributed by atoms with Gasteiger partial charge in [-0.25, -0.2) is 4.39 Å². The van der Waals surface area contributed by atoms with Gasteiger partial charge < -0.3 is 4.90 Å². The Bertz CT molecular complexity index is 591. The molecule has 5 heteroatoms. The zero-order valence-electron chi connectivity index (χ0n) is 12.2. The molecule has 0 saturated carbocycles. The van der Waals surface area contributed by atoms with Gasteiger partial charge in [-0.2, -0.15) is 5.10 Å². The number of nitrogens with zero attached hydrogens (tertiary/aromatic N) is 4. The maximum atomic E-state index is 13.2. The molecule has 2 aromatic rings. The predicted molar refractivity (Wildman–Crippen MR) is 80.7 cm³/mol. The van der Waals surface area contributed by atoms with E-state index < -0.39 is 0 Å². The van der Waals surface area contributed by atoms with Crippen LogP contribution in [0.1, 0.15) is 11.3 Å². The number of hydrogen-bond donors (Lipinski definition) is 0. The highest BCUT2D eigenvalue weighted by molar-refractivity contribution is 5.37. The average molecular weight is 286 g/mol. The van der Waals surface area contributed by atoms with E-state index in [1.807, 2.05) is 25.1 Å². The van der Waals surface area contributed by atoms with Crippen LogP contribution in [0.5, 0.6) is 0 Å². The van der Waals surface area contributed by atoms with E-state index in [1.54, 1.807) is 12.1 Å². The number of rotatable bonds is 3. The first-order chi connectivity index (χ1) is 10.2. The minimum atomic E-state index is -0.166. The lowest BCUT2D eigenvalue weighted by Crippen LogP contribution is -2.46. The molecule has 110 valence electrons. The minimum absolute atomic E-state index is 0.166. The van der Waals surface area contributed by atoms with Crippen molar-refractivity contribution in [3.8, 4) is 0 Å². The number of aryl methyl sites for hydroxylation is 1. The lowest BCUT2D eigenvalue weighted by atomic mass is 10.2. The third-order valence-electron chi connectivity index (χ3n) is 3.78. The molecular weight excluding hydrogens is 267 g/mol. The summed E-state index contributed by atoms with van der Waals surface area (Å²) in [4.78, 5) is 4.58. The highest BCUT2D eigenvalue weighted by Crippen LogP contribution is 2.14. The highest BCUT2D eigenvalue weighted by atomic mass is 19.1. The van der Waals surface area contributed by atoms with Gasteiger partial charge in [0.1, 0.15) is 5.82 Å². The van der Waals surface area contributed by atoms with Crippen LogP contribution < -0.4 is 4.90 Å². The lowest BCUT2D eigenvalue weighted by molar-refractivity contribution is 0.249. The molecule has 2 heterocycles. The first-order valence-electron chi connectivity index (χ1n) is 7.23. The minimum Gasteiger partial charge on any atom is -0.353 e. The van der Waals surface area contributed by atoms with Gasteiger partial charge in [0.2, 0.25) is 0 Å².